The van der Waals surface area contributed by atoms with Crippen LogP contribution in [0.3, 0.4) is 0 Å². The Kier molecular flexibility index (Phi) is 4.58. The first-order valence-corrected chi connectivity index (χ1v) is 4.70. The third-order valence-electron chi connectivity index (χ3n) is 2.35. The average Bonchev–Trinajstić information content (AvgIpc) is 2.00. The van der Waals surface area contributed by atoms with Crippen LogP contribution in [0.4, 0.5) is 0 Å². The highest BCUT2D eigenvalue weighted by Crippen LogP contribution is 2.25. The van der Waals surface area contributed by atoms with Gasteiger partial charge in [-0.3, -0.25) is 0 Å². The van der Waals surface area contributed by atoms with Crippen LogP contribution >= 0.6 is 0 Å². The van der Waals surface area contributed by atoms with E-state index in [0.717, 1.165) is 39.0 Å². The minimum Gasteiger partial charge on any atom is -0.393 e. The van der Waals surface area contributed by atoms with Crippen LogP contribution in [0.5, 0.6) is 0 Å². The zero-order valence-corrected chi connectivity index (χ0v) is 7.75. The van der Waals surface area contributed by atoms with Crippen molar-refractivity contribution >= 4 is 0 Å². The molecule has 72 valence electrons. The maximum absolute atomic E-state index is 9.01. The van der Waals surface area contributed by atoms with Crippen molar-refractivity contribution in [3.8, 4) is 0 Å². The molecule has 0 aromatic carbocycles. The van der Waals surface area contributed by atoms with Gasteiger partial charge in [0.1, 0.15) is 0 Å². The number of hydrogen-bond donors (Lipinski definition) is 2. The fourth-order valence-corrected chi connectivity index (χ4v) is 1.51. The molecule has 0 aliphatic heterocycles. The Labute approximate surface area is 74.1 Å². The first-order chi connectivity index (χ1) is 5.83. The Morgan fingerprint density at radius 2 is 2.25 bits per heavy atom. The number of ether oxygens (including phenoxy) is 1. The summed E-state index contributed by atoms with van der Waals surface area (Å²) in [5.74, 6) is 0.711. The summed E-state index contributed by atoms with van der Waals surface area (Å²) >= 11 is 0. The van der Waals surface area contributed by atoms with Crippen LogP contribution in [0.25, 0.3) is 0 Å². The molecule has 1 saturated carbocycles. The van der Waals surface area contributed by atoms with E-state index in [1.54, 1.807) is 7.11 Å². The molecule has 0 atom stereocenters. The van der Waals surface area contributed by atoms with Crippen molar-refractivity contribution in [2.45, 2.75) is 25.4 Å². The monoisotopic (exact) mass is 173 g/mol. The van der Waals surface area contributed by atoms with Gasteiger partial charge in [-0.2, -0.15) is 0 Å². The Balaban J connectivity index is 1.77. The number of rotatable bonds is 6. The molecule has 0 saturated heterocycles. The van der Waals surface area contributed by atoms with Gasteiger partial charge in [0.25, 0.3) is 0 Å². The average molecular weight is 173 g/mol. The van der Waals surface area contributed by atoms with Crippen LogP contribution in [-0.2, 0) is 4.74 Å². The van der Waals surface area contributed by atoms with Gasteiger partial charge in [0, 0.05) is 13.7 Å². The summed E-state index contributed by atoms with van der Waals surface area (Å²) in [4.78, 5) is 0. The lowest BCUT2D eigenvalue weighted by Crippen LogP contribution is -2.36. The molecule has 0 aromatic heterocycles. The second-order valence-corrected chi connectivity index (χ2v) is 3.54. The standard InChI is InChI=1S/C9H19NO2/c1-12-4-2-3-10-7-8-5-9(11)6-8/h8-11H,2-7H2,1H3. The van der Waals surface area contributed by atoms with Crippen LogP contribution in [0.15, 0.2) is 0 Å². The van der Waals surface area contributed by atoms with Gasteiger partial charge >= 0.3 is 0 Å². The lowest BCUT2D eigenvalue weighted by molar-refractivity contribution is 0.0429. The van der Waals surface area contributed by atoms with Crippen molar-refractivity contribution in [2.24, 2.45) is 5.92 Å². The van der Waals surface area contributed by atoms with Gasteiger partial charge in [0.05, 0.1) is 6.10 Å². The van der Waals surface area contributed by atoms with Crippen molar-refractivity contribution < 1.29 is 9.84 Å². The molecule has 12 heavy (non-hydrogen) atoms. The van der Waals surface area contributed by atoms with E-state index in [1.165, 1.54) is 0 Å². The van der Waals surface area contributed by atoms with Crippen molar-refractivity contribution in [3.63, 3.8) is 0 Å². The molecule has 2 N–H and O–H groups in total. The Morgan fingerprint density at radius 3 is 2.83 bits per heavy atom. The van der Waals surface area contributed by atoms with Gasteiger partial charge in [-0.25, -0.2) is 0 Å². The van der Waals surface area contributed by atoms with Gasteiger partial charge in [-0.05, 0) is 38.3 Å². The van der Waals surface area contributed by atoms with Gasteiger partial charge in [-0.15, -0.1) is 0 Å². The molecule has 0 heterocycles. The zero-order valence-electron chi connectivity index (χ0n) is 7.75. The number of aliphatic hydroxyl groups is 1. The molecule has 1 aliphatic carbocycles. The molecule has 0 spiro atoms. The van der Waals surface area contributed by atoms with Gasteiger partial charge in [-0.1, -0.05) is 0 Å². The van der Waals surface area contributed by atoms with E-state index in [4.69, 9.17) is 9.84 Å². The van der Waals surface area contributed by atoms with E-state index in [0.29, 0.717) is 5.92 Å². The molecule has 1 aliphatic rings. The summed E-state index contributed by atoms with van der Waals surface area (Å²) < 4.78 is 4.93. The van der Waals surface area contributed by atoms with Crippen LogP contribution < -0.4 is 5.32 Å². The normalized spacial score (nSPS) is 28.5. The molecule has 1 rings (SSSR count). The second kappa shape index (κ2) is 5.51. The molecule has 0 unspecified atom stereocenters. The Bertz CT molecular complexity index is 113. The second-order valence-electron chi connectivity index (χ2n) is 3.54. The number of methoxy groups -OCH3 is 1. The summed E-state index contributed by atoms with van der Waals surface area (Å²) in [5, 5.41) is 12.4. The van der Waals surface area contributed by atoms with E-state index in [2.05, 4.69) is 5.32 Å². The Hall–Kier alpha value is -0.120. The van der Waals surface area contributed by atoms with Crippen LogP contribution in [0.1, 0.15) is 19.3 Å². The maximum atomic E-state index is 9.01. The first-order valence-electron chi connectivity index (χ1n) is 4.70. The van der Waals surface area contributed by atoms with Crippen molar-refractivity contribution in [3.05, 3.63) is 0 Å². The molecule has 0 amide bonds. The van der Waals surface area contributed by atoms with Gasteiger partial charge in [0.15, 0.2) is 0 Å². The fourth-order valence-electron chi connectivity index (χ4n) is 1.51. The van der Waals surface area contributed by atoms with E-state index in [1.807, 2.05) is 0 Å². The van der Waals surface area contributed by atoms with Crippen molar-refractivity contribution in [2.75, 3.05) is 26.8 Å². The predicted octanol–water partition coefficient (Wildman–Crippen LogP) is 0.383. The van der Waals surface area contributed by atoms with Crippen LogP contribution in [0.2, 0.25) is 0 Å². The highest BCUT2D eigenvalue weighted by molar-refractivity contribution is 4.79. The quantitative estimate of drug-likeness (QED) is 0.571. The van der Waals surface area contributed by atoms with E-state index < -0.39 is 0 Å². The lowest BCUT2D eigenvalue weighted by Gasteiger charge is -2.31. The highest BCUT2D eigenvalue weighted by Gasteiger charge is 2.26. The van der Waals surface area contributed by atoms with E-state index >= 15 is 0 Å². The van der Waals surface area contributed by atoms with Crippen molar-refractivity contribution in [1.29, 1.82) is 0 Å². The number of hydrogen-bond acceptors (Lipinski definition) is 3. The van der Waals surface area contributed by atoms with Gasteiger partial charge in [0.2, 0.25) is 0 Å². The van der Waals surface area contributed by atoms with E-state index in [-0.39, 0.29) is 6.10 Å². The van der Waals surface area contributed by atoms with Crippen LogP contribution in [0, 0.1) is 5.92 Å². The summed E-state index contributed by atoms with van der Waals surface area (Å²) in [7, 11) is 1.72. The van der Waals surface area contributed by atoms with Crippen LogP contribution in [-0.4, -0.2) is 38.0 Å². The minimum absolute atomic E-state index is 0.0178. The zero-order chi connectivity index (χ0) is 8.81. The molecule has 0 radical (unpaired) electrons. The minimum atomic E-state index is -0.0178. The third kappa shape index (κ3) is 3.52. The van der Waals surface area contributed by atoms with Gasteiger partial charge < -0.3 is 15.2 Å². The summed E-state index contributed by atoms with van der Waals surface area (Å²) in [5.41, 5.74) is 0. The molecule has 3 nitrogen and oxygen atoms in total. The summed E-state index contributed by atoms with van der Waals surface area (Å²) in [6.07, 6.45) is 3.02. The molecule has 0 aromatic rings. The third-order valence-corrected chi connectivity index (χ3v) is 2.35. The molecule has 3 heteroatoms. The Morgan fingerprint density at radius 1 is 1.50 bits per heavy atom. The number of aliphatic hydroxyl groups excluding tert-OH is 1. The molecule has 0 bridgehead atoms. The predicted molar refractivity (Wildman–Crippen MR) is 48.1 cm³/mol. The summed E-state index contributed by atoms with van der Waals surface area (Å²) in [6.45, 7) is 2.92. The maximum Gasteiger partial charge on any atom is 0.0546 e. The molecule has 1 fully saturated rings. The van der Waals surface area contributed by atoms with E-state index in [9.17, 15) is 0 Å². The smallest absolute Gasteiger partial charge is 0.0546 e. The molecular weight excluding hydrogens is 154 g/mol. The summed E-state index contributed by atoms with van der Waals surface area (Å²) in [6, 6.07) is 0. The highest BCUT2D eigenvalue weighted by atomic mass is 16.5. The SMILES string of the molecule is COCCCNCC1CC(O)C1. The topological polar surface area (TPSA) is 41.5 Å². The number of nitrogens with one attached hydrogen (secondary N) is 1. The lowest BCUT2D eigenvalue weighted by atomic mass is 9.82. The largest absolute Gasteiger partial charge is 0.393 e. The molecular formula is C9H19NO2. The van der Waals surface area contributed by atoms with Crippen molar-refractivity contribution in [1.82, 2.24) is 5.32 Å². The first kappa shape index (κ1) is 9.96. The fraction of sp³-hybridized carbons (Fsp3) is 1.00.